The average molecular weight is 336 g/mol. The maximum atomic E-state index is 5.91. The minimum absolute atomic E-state index is 0.290. The highest BCUT2D eigenvalue weighted by Crippen LogP contribution is 2.33. The van der Waals surface area contributed by atoms with Crippen LogP contribution in [-0.2, 0) is 0 Å². The van der Waals surface area contributed by atoms with Crippen molar-refractivity contribution in [1.29, 1.82) is 0 Å². The van der Waals surface area contributed by atoms with Crippen LogP contribution in [0, 0.1) is 0 Å². The summed E-state index contributed by atoms with van der Waals surface area (Å²) < 4.78 is 12.0. The normalized spacial score (nSPS) is 12.0. The zero-order valence-corrected chi connectivity index (χ0v) is 13.4. The van der Waals surface area contributed by atoms with E-state index in [1.807, 2.05) is 43.4 Å². The number of hydrogen-bond donors (Lipinski definition) is 1. The molecule has 0 saturated heterocycles. The number of hydrogen-bond acceptors (Lipinski definition) is 3. The lowest BCUT2D eigenvalue weighted by Crippen LogP contribution is -2.12. The summed E-state index contributed by atoms with van der Waals surface area (Å²) in [6.45, 7) is 2.11. The zero-order chi connectivity index (χ0) is 14.5. The van der Waals surface area contributed by atoms with Crippen molar-refractivity contribution in [2.75, 3.05) is 14.2 Å². The standard InChI is InChI=1S/C16H18BrNO2/c1-11(18-2)12-5-4-6-14(9-12)20-16-8-7-13(19-3)10-15(16)17/h4-11,18H,1-3H3. The molecule has 0 amide bonds. The molecule has 0 aliphatic rings. The molecule has 1 N–H and O–H groups in total. The van der Waals surface area contributed by atoms with Gasteiger partial charge in [-0.05, 0) is 65.8 Å². The van der Waals surface area contributed by atoms with Crippen LogP contribution in [0.15, 0.2) is 46.9 Å². The molecule has 0 radical (unpaired) electrons. The van der Waals surface area contributed by atoms with Crippen LogP contribution in [0.3, 0.4) is 0 Å². The highest BCUT2D eigenvalue weighted by Gasteiger charge is 2.07. The lowest BCUT2D eigenvalue weighted by Gasteiger charge is -2.13. The maximum Gasteiger partial charge on any atom is 0.141 e. The third kappa shape index (κ3) is 3.52. The molecule has 106 valence electrons. The Morgan fingerprint density at radius 2 is 1.90 bits per heavy atom. The van der Waals surface area contributed by atoms with Crippen molar-refractivity contribution in [3.8, 4) is 17.2 Å². The van der Waals surface area contributed by atoms with E-state index in [4.69, 9.17) is 9.47 Å². The molecule has 0 aliphatic heterocycles. The van der Waals surface area contributed by atoms with Gasteiger partial charge in [-0.1, -0.05) is 12.1 Å². The monoisotopic (exact) mass is 335 g/mol. The lowest BCUT2D eigenvalue weighted by atomic mass is 10.1. The van der Waals surface area contributed by atoms with Crippen LogP contribution in [0.25, 0.3) is 0 Å². The molecular weight excluding hydrogens is 318 g/mol. The van der Waals surface area contributed by atoms with Gasteiger partial charge in [0.1, 0.15) is 17.2 Å². The molecule has 0 bridgehead atoms. The quantitative estimate of drug-likeness (QED) is 0.870. The van der Waals surface area contributed by atoms with E-state index in [0.717, 1.165) is 21.7 Å². The van der Waals surface area contributed by atoms with Crippen molar-refractivity contribution in [2.24, 2.45) is 0 Å². The smallest absolute Gasteiger partial charge is 0.141 e. The first-order valence-corrected chi connectivity index (χ1v) is 7.22. The van der Waals surface area contributed by atoms with Gasteiger partial charge < -0.3 is 14.8 Å². The second kappa shape index (κ2) is 6.77. The fourth-order valence-corrected chi connectivity index (χ4v) is 2.27. The summed E-state index contributed by atoms with van der Waals surface area (Å²) in [6.07, 6.45) is 0. The summed E-state index contributed by atoms with van der Waals surface area (Å²) in [7, 11) is 3.59. The highest BCUT2D eigenvalue weighted by molar-refractivity contribution is 9.10. The Labute approximate surface area is 128 Å². The summed E-state index contributed by atoms with van der Waals surface area (Å²) in [4.78, 5) is 0. The average Bonchev–Trinajstić information content (AvgIpc) is 2.48. The third-order valence-electron chi connectivity index (χ3n) is 3.16. The Hall–Kier alpha value is -1.52. The summed E-state index contributed by atoms with van der Waals surface area (Å²) in [5.74, 6) is 2.37. The highest BCUT2D eigenvalue weighted by atomic mass is 79.9. The molecule has 0 saturated carbocycles. The molecule has 4 heteroatoms. The van der Waals surface area contributed by atoms with Gasteiger partial charge in [0, 0.05) is 6.04 Å². The summed E-state index contributed by atoms with van der Waals surface area (Å²) >= 11 is 3.49. The Morgan fingerprint density at radius 1 is 1.10 bits per heavy atom. The number of ether oxygens (including phenoxy) is 2. The minimum Gasteiger partial charge on any atom is -0.497 e. The fraction of sp³-hybridized carbons (Fsp3) is 0.250. The van der Waals surface area contributed by atoms with Crippen LogP contribution in [0.2, 0.25) is 0 Å². The van der Waals surface area contributed by atoms with Crippen molar-refractivity contribution in [2.45, 2.75) is 13.0 Å². The first-order valence-electron chi connectivity index (χ1n) is 6.42. The molecule has 2 aromatic rings. The van der Waals surface area contributed by atoms with Gasteiger partial charge in [0.25, 0.3) is 0 Å². The molecule has 20 heavy (non-hydrogen) atoms. The van der Waals surface area contributed by atoms with E-state index in [9.17, 15) is 0 Å². The van der Waals surface area contributed by atoms with Crippen LogP contribution in [-0.4, -0.2) is 14.2 Å². The van der Waals surface area contributed by atoms with Crippen molar-refractivity contribution in [3.63, 3.8) is 0 Å². The predicted octanol–water partition coefficient (Wildman–Crippen LogP) is 4.53. The first-order chi connectivity index (χ1) is 9.63. The molecule has 0 aliphatic carbocycles. The molecule has 1 atom stereocenters. The topological polar surface area (TPSA) is 30.5 Å². The van der Waals surface area contributed by atoms with E-state index >= 15 is 0 Å². The summed E-state index contributed by atoms with van der Waals surface area (Å²) in [6, 6.07) is 14.0. The van der Waals surface area contributed by atoms with Gasteiger partial charge in [0.05, 0.1) is 11.6 Å². The molecule has 0 aromatic heterocycles. The molecule has 2 rings (SSSR count). The number of nitrogens with one attached hydrogen (secondary N) is 1. The Morgan fingerprint density at radius 3 is 2.55 bits per heavy atom. The van der Waals surface area contributed by atoms with Gasteiger partial charge in [0.2, 0.25) is 0 Å². The Bertz CT molecular complexity index is 586. The fourth-order valence-electron chi connectivity index (χ4n) is 1.83. The van der Waals surface area contributed by atoms with Crippen LogP contribution >= 0.6 is 15.9 Å². The molecule has 0 spiro atoms. The lowest BCUT2D eigenvalue weighted by molar-refractivity contribution is 0.412. The van der Waals surface area contributed by atoms with E-state index in [0.29, 0.717) is 0 Å². The van der Waals surface area contributed by atoms with Gasteiger partial charge in [-0.2, -0.15) is 0 Å². The zero-order valence-electron chi connectivity index (χ0n) is 11.8. The Balaban J connectivity index is 2.21. The van der Waals surface area contributed by atoms with Crippen molar-refractivity contribution in [3.05, 3.63) is 52.5 Å². The second-order valence-corrected chi connectivity index (χ2v) is 5.34. The van der Waals surface area contributed by atoms with E-state index < -0.39 is 0 Å². The van der Waals surface area contributed by atoms with Crippen LogP contribution in [0.5, 0.6) is 17.2 Å². The van der Waals surface area contributed by atoms with Gasteiger partial charge in [0.15, 0.2) is 0 Å². The van der Waals surface area contributed by atoms with Crippen molar-refractivity contribution >= 4 is 15.9 Å². The summed E-state index contributed by atoms with van der Waals surface area (Å²) in [5, 5.41) is 3.22. The maximum absolute atomic E-state index is 5.91. The number of benzene rings is 2. The molecule has 0 heterocycles. The second-order valence-electron chi connectivity index (χ2n) is 4.48. The van der Waals surface area contributed by atoms with Crippen molar-refractivity contribution in [1.82, 2.24) is 5.32 Å². The third-order valence-corrected chi connectivity index (χ3v) is 3.78. The first kappa shape index (κ1) is 14.9. The van der Waals surface area contributed by atoms with E-state index in [-0.39, 0.29) is 6.04 Å². The predicted molar refractivity (Wildman–Crippen MR) is 84.7 cm³/mol. The van der Waals surface area contributed by atoms with E-state index in [1.165, 1.54) is 5.56 Å². The van der Waals surface area contributed by atoms with Crippen LogP contribution in [0.1, 0.15) is 18.5 Å². The van der Waals surface area contributed by atoms with Crippen LogP contribution in [0.4, 0.5) is 0 Å². The molecular formula is C16H18BrNO2. The van der Waals surface area contributed by atoms with Gasteiger partial charge >= 0.3 is 0 Å². The van der Waals surface area contributed by atoms with Gasteiger partial charge in [-0.3, -0.25) is 0 Å². The molecule has 1 unspecified atom stereocenters. The number of rotatable bonds is 5. The molecule has 2 aromatic carbocycles. The summed E-state index contributed by atoms with van der Waals surface area (Å²) in [5.41, 5.74) is 1.19. The minimum atomic E-state index is 0.290. The van der Waals surface area contributed by atoms with Crippen LogP contribution < -0.4 is 14.8 Å². The number of methoxy groups -OCH3 is 1. The largest absolute Gasteiger partial charge is 0.497 e. The van der Waals surface area contributed by atoms with Crippen molar-refractivity contribution < 1.29 is 9.47 Å². The van der Waals surface area contributed by atoms with E-state index in [1.54, 1.807) is 7.11 Å². The molecule has 3 nitrogen and oxygen atoms in total. The van der Waals surface area contributed by atoms with Gasteiger partial charge in [-0.25, -0.2) is 0 Å². The molecule has 0 fully saturated rings. The Kier molecular flexibility index (Phi) is 5.04. The van der Waals surface area contributed by atoms with Gasteiger partial charge in [-0.15, -0.1) is 0 Å². The number of halogens is 1. The SMILES string of the molecule is CNC(C)c1cccc(Oc2ccc(OC)cc2Br)c1. The van der Waals surface area contributed by atoms with E-state index in [2.05, 4.69) is 34.2 Å².